The Balaban J connectivity index is 2.13. The third-order valence-electron chi connectivity index (χ3n) is 5.17. The largest absolute Gasteiger partial charge is 0.493 e. The van der Waals surface area contributed by atoms with Crippen LogP contribution in [0.1, 0.15) is 30.2 Å². The van der Waals surface area contributed by atoms with Crippen molar-refractivity contribution in [1.82, 2.24) is 10.1 Å². The summed E-state index contributed by atoms with van der Waals surface area (Å²) in [6.07, 6.45) is 0.416. The highest BCUT2D eigenvalue weighted by Gasteiger charge is 2.27. The molecule has 0 spiro atoms. The van der Waals surface area contributed by atoms with Crippen LogP contribution in [0.25, 0.3) is 11.1 Å². The Morgan fingerprint density at radius 1 is 1.14 bits per heavy atom. The minimum Gasteiger partial charge on any atom is -0.493 e. The molecule has 0 radical (unpaired) electrons. The third kappa shape index (κ3) is 5.14. The van der Waals surface area contributed by atoms with Crippen molar-refractivity contribution in [2.24, 2.45) is 0 Å². The fourth-order valence-corrected chi connectivity index (χ4v) is 4.51. The first-order chi connectivity index (χ1) is 17.3. The lowest BCUT2D eigenvalue weighted by Crippen LogP contribution is -2.25. The average Bonchev–Trinajstić information content (AvgIpc) is 3.29. The van der Waals surface area contributed by atoms with Crippen molar-refractivity contribution in [3.63, 3.8) is 0 Å². The Bertz CT molecular complexity index is 1350. The van der Waals surface area contributed by atoms with E-state index in [2.05, 4.69) is 21.5 Å². The number of carbonyl (C=O) groups is 1. The lowest BCUT2D eigenvalue weighted by Gasteiger charge is -2.18. The number of nitriles is 2. The van der Waals surface area contributed by atoms with Gasteiger partial charge < -0.3 is 29.8 Å². The lowest BCUT2D eigenvalue weighted by molar-refractivity contribution is -0.115. The molecule has 0 fully saturated rings. The molecule has 1 atom stereocenters. The van der Waals surface area contributed by atoms with E-state index in [1.54, 1.807) is 25.1 Å². The first-order valence-electron chi connectivity index (χ1n) is 10.7. The second kappa shape index (κ2) is 11.3. The van der Waals surface area contributed by atoms with Gasteiger partial charge in [0.25, 0.3) is 0 Å². The molecule has 3 rings (SSSR count). The second-order valence-corrected chi connectivity index (χ2v) is 8.58. The Morgan fingerprint density at radius 3 is 2.25 bits per heavy atom. The monoisotopic (exact) mass is 508 g/mol. The van der Waals surface area contributed by atoms with E-state index in [1.807, 2.05) is 13.0 Å². The Kier molecular flexibility index (Phi) is 8.25. The highest BCUT2D eigenvalue weighted by atomic mass is 32.2. The van der Waals surface area contributed by atoms with Crippen LogP contribution >= 0.6 is 11.8 Å². The number of hydrogen-bond donors (Lipinski definition) is 2. The summed E-state index contributed by atoms with van der Waals surface area (Å²) in [5.41, 5.74) is 6.93. The molecule has 3 N–H and O–H groups in total. The number of nitrogens with zero attached hydrogens (tertiary/aromatic N) is 4. The van der Waals surface area contributed by atoms with Gasteiger partial charge in [-0.15, -0.1) is 0 Å². The van der Waals surface area contributed by atoms with Crippen molar-refractivity contribution in [2.75, 3.05) is 32.4 Å². The summed E-state index contributed by atoms with van der Waals surface area (Å²) in [6.45, 7) is 3.53. The number of aryl methyl sites for hydroxylation is 1. The van der Waals surface area contributed by atoms with Gasteiger partial charge in [0.05, 0.1) is 32.1 Å². The molecule has 3 aromatic rings. The van der Waals surface area contributed by atoms with E-state index >= 15 is 0 Å². The highest BCUT2D eigenvalue weighted by molar-refractivity contribution is 8.00. The number of pyridine rings is 1. The van der Waals surface area contributed by atoms with Crippen LogP contribution < -0.4 is 25.3 Å². The predicted octanol–water partition coefficient (Wildman–Crippen LogP) is 3.91. The summed E-state index contributed by atoms with van der Waals surface area (Å²) >= 11 is 1.06. The average molecular weight is 509 g/mol. The van der Waals surface area contributed by atoms with E-state index in [0.29, 0.717) is 35.0 Å². The molecule has 0 aliphatic carbocycles. The van der Waals surface area contributed by atoms with Crippen LogP contribution in [0.3, 0.4) is 0 Å². The van der Waals surface area contributed by atoms with Gasteiger partial charge in [-0.3, -0.25) is 4.79 Å². The number of hydrogen-bond acceptors (Lipinski definition) is 11. The Labute approximate surface area is 212 Å². The van der Waals surface area contributed by atoms with Gasteiger partial charge in [0.1, 0.15) is 34.3 Å². The first kappa shape index (κ1) is 26.2. The molecule has 12 heteroatoms. The molecule has 1 amide bonds. The highest BCUT2D eigenvalue weighted by Crippen LogP contribution is 2.44. The van der Waals surface area contributed by atoms with Gasteiger partial charge in [0.2, 0.25) is 11.7 Å². The van der Waals surface area contributed by atoms with Gasteiger partial charge in [-0.25, -0.2) is 4.98 Å². The first-order valence-corrected chi connectivity index (χ1v) is 11.5. The van der Waals surface area contributed by atoms with Crippen molar-refractivity contribution in [3.8, 4) is 40.5 Å². The van der Waals surface area contributed by atoms with Gasteiger partial charge >= 0.3 is 0 Å². The number of rotatable bonds is 9. The molecule has 0 bridgehead atoms. The number of nitrogens with two attached hydrogens (primary N) is 1. The van der Waals surface area contributed by atoms with E-state index in [0.717, 1.165) is 11.8 Å². The molecular weight excluding hydrogens is 484 g/mol. The standard InChI is InChI=1S/C24H24N6O5S/c1-6-18(23(31)28-19-7-12(2)35-30-19)36-24-15(11-26)20(14(10-25)22(27)29-24)13-8-16(32-3)21(34-5)17(9-13)33-4/h7-9,18H,6H2,1-5H3,(H2,27,29)(H,28,30,31)/t18-/m0/s1. The zero-order chi connectivity index (χ0) is 26.4. The smallest absolute Gasteiger partial charge is 0.239 e. The number of methoxy groups -OCH3 is 3. The van der Waals surface area contributed by atoms with E-state index < -0.39 is 5.25 Å². The number of aromatic nitrogens is 2. The maximum absolute atomic E-state index is 12.9. The van der Waals surface area contributed by atoms with Crippen LogP contribution in [0.15, 0.2) is 27.7 Å². The number of nitrogens with one attached hydrogen (secondary N) is 1. The molecule has 1 aromatic carbocycles. The minimum absolute atomic E-state index is 0.0146. The molecule has 11 nitrogen and oxygen atoms in total. The molecule has 0 aliphatic heterocycles. The number of thioether (sulfide) groups is 1. The topological polar surface area (TPSA) is 169 Å². The normalized spacial score (nSPS) is 11.2. The van der Waals surface area contributed by atoms with Crippen molar-refractivity contribution in [1.29, 1.82) is 10.5 Å². The zero-order valence-electron chi connectivity index (χ0n) is 20.3. The summed E-state index contributed by atoms with van der Waals surface area (Å²) < 4.78 is 21.2. The number of amides is 1. The number of benzene rings is 1. The van der Waals surface area contributed by atoms with E-state index in [-0.39, 0.29) is 39.3 Å². The second-order valence-electron chi connectivity index (χ2n) is 7.39. The molecular formula is C24H24N6O5S. The summed E-state index contributed by atoms with van der Waals surface area (Å²) in [6, 6.07) is 8.98. The van der Waals surface area contributed by atoms with Crippen molar-refractivity contribution in [2.45, 2.75) is 30.5 Å². The number of carbonyl (C=O) groups excluding carboxylic acids is 1. The van der Waals surface area contributed by atoms with Crippen molar-refractivity contribution in [3.05, 3.63) is 35.1 Å². The van der Waals surface area contributed by atoms with Crippen LogP contribution in [0.2, 0.25) is 0 Å². The van der Waals surface area contributed by atoms with Crippen LogP contribution in [-0.2, 0) is 4.79 Å². The SMILES string of the molecule is CC[C@H](Sc1nc(N)c(C#N)c(-c2cc(OC)c(OC)c(OC)c2)c1C#N)C(=O)Nc1cc(C)on1. The minimum atomic E-state index is -0.637. The van der Waals surface area contributed by atoms with E-state index in [4.69, 9.17) is 24.5 Å². The van der Waals surface area contributed by atoms with Crippen molar-refractivity contribution >= 4 is 29.3 Å². The van der Waals surface area contributed by atoms with Gasteiger partial charge in [0, 0.05) is 11.6 Å². The van der Waals surface area contributed by atoms with Gasteiger partial charge in [-0.1, -0.05) is 23.8 Å². The Morgan fingerprint density at radius 2 is 1.78 bits per heavy atom. The van der Waals surface area contributed by atoms with Crippen LogP contribution in [0.5, 0.6) is 17.2 Å². The van der Waals surface area contributed by atoms with Gasteiger partial charge in [0.15, 0.2) is 17.3 Å². The molecule has 2 aromatic heterocycles. The van der Waals surface area contributed by atoms with Crippen LogP contribution in [-0.4, -0.2) is 42.6 Å². The van der Waals surface area contributed by atoms with Crippen molar-refractivity contribution < 1.29 is 23.5 Å². The van der Waals surface area contributed by atoms with Gasteiger partial charge in [-0.05, 0) is 31.0 Å². The zero-order valence-corrected chi connectivity index (χ0v) is 21.1. The van der Waals surface area contributed by atoms with Crippen LogP contribution in [0, 0.1) is 29.6 Å². The maximum Gasteiger partial charge on any atom is 0.239 e. The van der Waals surface area contributed by atoms with E-state index in [9.17, 15) is 15.3 Å². The lowest BCUT2D eigenvalue weighted by atomic mass is 9.96. The number of ether oxygens (including phenoxy) is 3. The molecule has 0 saturated heterocycles. The fraction of sp³-hybridized carbons (Fsp3) is 0.292. The summed E-state index contributed by atoms with van der Waals surface area (Å²) in [4.78, 5) is 17.2. The summed E-state index contributed by atoms with van der Waals surface area (Å²) in [5, 5.41) is 26.0. The molecule has 0 aliphatic rings. The van der Waals surface area contributed by atoms with E-state index in [1.165, 1.54) is 21.3 Å². The molecule has 2 heterocycles. The quantitative estimate of drug-likeness (QED) is 0.402. The molecule has 0 saturated carbocycles. The maximum atomic E-state index is 12.9. The fourth-order valence-electron chi connectivity index (χ4n) is 3.49. The molecule has 36 heavy (non-hydrogen) atoms. The van der Waals surface area contributed by atoms with Crippen LogP contribution in [0.4, 0.5) is 11.6 Å². The molecule has 0 unspecified atom stereocenters. The third-order valence-corrected chi connectivity index (χ3v) is 6.52. The Hall–Kier alpha value is -4.42. The number of nitrogen functional groups attached to an aromatic ring is 1. The summed E-state index contributed by atoms with van der Waals surface area (Å²) in [5.74, 6) is 1.42. The van der Waals surface area contributed by atoms with Gasteiger partial charge in [-0.2, -0.15) is 10.5 Å². The predicted molar refractivity (Wildman–Crippen MR) is 133 cm³/mol. The summed E-state index contributed by atoms with van der Waals surface area (Å²) in [7, 11) is 4.39. The number of anilines is 2. The molecule has 186 valence electrons.